The Bertz CT molecular complexity index is 255. The van der Waals surface area contributed by atoms with E-state index in [4.69, 9.17) is 0 Å². The van der Waals surface area contributed by atoms with Crippen LogP contribution in [0.1, 0.15) is 25.7 Å². The van der Waals surface area contributed by atoms with Crippen LogP contribution >= 0.6 is 0 Å². The minimum Gasteiger partial charge on any atom is -0.349 e. The molecule has 0 fully saturated rings. The van der Waals surface area contributed by atoms with Crippen molar-refractivity contribution < 1.29 is 4.79 Å². The van der Waals surface area contributed by atoms with Gasteiger partial charge in [0.25, 0.3) is 0 Å². The third-order valence-electron chi connectivity index (χ3n) is 1.90. The van der Waals surface area contributed by atoms with E-state index >= 15 is 0 Å². The Morgan fingerprint density at radius 1 is 1.20 bits per heavy atom. The van der Waals surface area contributed by atoms with E-state index in [2.05, 4.69) is 31.1 Å². The normalized spacial score (nSPS) is 10.5. The van der Waals surface area contributed by atoms with Gasteiger partial charge < -0.3 is 4.90 Å². The van der Waals surface area contributed by atoms with Gasteiger partial charge in [0, 0.05) is 26.9 Å². The molecule has 0 aliphatic carbocycles. The monoisotopic (exact) mass is 225 g/mol. The Morgan fingerprint density at radius 2 is 1.80 bits per heavy atom. The number of carbonyl (C=O) groups is 1. The third-order valence-corrected chi connectivity index (χ3v) is 2.83. The fourth-order valence-corrected chi connectivity index (χ4v) is 1.70. The lowest BCUT2D eigenvalue weighted by molar-refractivity contribution is -0.128. The van der Waals surface area contributed by atoms with E-state index in [0.29, 0.717) is 6.42 Å². The standard InChI is InChI=1S/C12H23NOSi/c1-13(2)12(14)10-8-6-7-9-11-15(3,4)5/h6-8,10H2,1-5H3. The summed E-state index contributed by atoms with van der Waals surface area (Å²) in [5.74, 6) is 3.43. The van der Waals surface area contributed by atoms with Crippen molar-refractivity contribution in [3.63, 3.8) is 0 Å². The lowest BCUT2D eigenvalue weighted by Gasteiger charge is -2.08. The van der Waals surface area contributed by atoms with Crippen molar-refractivity contribution in [3.05, 3.63) is 0 Å². The molecule has 2 nitrogen and oxygen atoms in total. The molecular weight excluding hydrogens is 202 g/mol. The van der Waals surface area contributed by atoms with Gasteiger partial charge >= 0.3 is 0 Å². The average molecular weight is 225 g/mol. The fraction of sp³-hybridized carbons (Fsp3) is 0.750. The number of hydrogen-bond acceptors (Lipinski definition) is 1. The van der Waals surface area contributed by atoms with Crippen molar-refractivity contribution in [2.45, 2.75) is 45.3 Å². The fourth-order valence-electron chi connectivity index (χ4n) is 1.04. The Hall–Kier alpha value is -0.753. The summed E-state index contributed by atoms with van der Waals surface area (Å²) in [6, 6.07) is 0. The highest BCUT2D eigenvalue weighted by molar-refractivity contribution is 6.83. The molecule has 0 aromatic carbocycles. The summed E-state index contributed by atoms with van der Waals surface area (Å²) in [7, 11) is 2.40. The van der Waals surface area contributed by atoms with Crippen LogP contribution in [0, 0.1) is 11.5 Å². The molecule has 0 aromatic heterocycles. The van der Waals surface area contributed by atoms with E-state index in [1.807, 2.05) is 0 Å². The molecule has 0 bridgehead atoms. The van der Waals surface area contributed by atoms with Crippen LogP contribution in [0.3, 0.4) is 0 Å². The molecule has 0 radical (unpaired) electrons. The SMILES string of the molecule is CN(C)C(=O)CCCCC#C[Si](C)(C)C. The largest absolute Gasteiger partial charge is 0.349 e. The Kier molecular flexibility index (Phi) is 6.34. The Balaban J connectivity index is 3.55. The molecule has 86 valence electrons. The van der Waals surface area contributed by atoms with Crippen molar-refractivity contribution in [1.29, 1.82) is 0 Å². The molecule has 3 heteroatoms. The second-order valence-electron chi connectivity index (χ2n) is 5.05. The predicted octanol–water partition coefficient (Wildman–Crippen LogP) is 2.52. The highest BCUT2D eigenvalue weighted by Gasteiger charge is 2.07. The molecule has 0 aliphatic rings. The first-order valence-electron chi connectivity index (χ1n) is 5.53. The second kappa shape index (κ2) is 6.68. The van der Waals surface area contributed by atoms with Gasteiger partial charge in [0.2, 0.25) is 5.91 Å². The van der Waals surface area contributed by atoms with Gasteiger partial charge in [-0.05, 0) is 12.8 Å². The lowest BCUT2D eigenvalue weighted by atomic mass is 10.2. The highest BCUT2D eigenvalue weighted by Crippen LogP contribution is 2.02. The number of unbranched alkanes of at least 4 members (excludes halogenated alkanes) is 2. The van der Waals surface area contributed by atoms with E-state index in [-0.39, 0.29) is 5.91 Å². The molecule has 0 aliphatic heterocycles. The summed E-state index contributed by atoms with van der Waals surface area (Å²) >= 11 is 0. The molecule has 0 saturated carbocycles. The van der Waals surface area contributed by atoms with E-state index < -0.39 is 8.07 Å². The van der Waals surface area contributed by atoms with E-state index in [1.165, 1.54) is 0 Å². The summed E-state index contributed by atoms with van der Waals surface area (Å²) in [6.07, 6.45) is 3.58. The maximum Gasteiger partial charge on any atom is 0.222 e. The van der Waals surface area contributed by atoms with E-state index in [9.17, 15) is 4.79 Å². The first kappa shape index (κ1) is 14.2. The van der Waals surface area contributed by atoms with Crippen molar-refractivity contribution >= 4 is 14.0 Å². The van der Waals surface area contributed by atoms with Crippen molar-refractivity contribution in [3.8, 4) is 11.5 Å². The summed E-state index contributed by atoms with van der Waals surface area (Å²) in [6.45, 7) is 6.74. The number of rotatable bonds is 4. The smallest absolute Gasteiger partial charge is 0.222 e. The molecule has 15 heavy (non-hydrogen) atoms. The van der Waals surface area contributed by atoms with Gasteiger partial charge in [0.1, 0.15) is 8.07 Å². The van der Waals surface area contributed by atoms with Crippen LogP contribution in [0.25, 0.3) is 0 Å². The van der Waals surface area contributed by atoms with Crippen molar-refractivity contribution in [1.82, 2.24) is 4.90 Å². The molecule has 0 rings (SSSR count). The van der Waals surface area contributed by atoms with Gasteiger partial charge in [0.05, 0.1) is 0 Å². The number of hydrogen-bond donors (Lipinski definition) is 0. The van der Waals surface area contributed by atoms with Crippen molar-refractivity contribution in [2.24, 2.45) is 0 Å². The minimum absolute atomic E-state index is 0.216. The van der Waals surface area contributed by atoms with Gasteiger partial charge in [0.15, 0.2) is 0 Å². The molecule has 0 atom stereocenters. The van der Waals surface area contributed by atoms with Crippen molar-refractivity contribution in [2.75, 3.05) is 14.1 Å². The highest BCUT2D eigenvalue weighted by atomic mass is 28.3. The topological polar surface area (TPSA) is 20.3 Å². The van der Waals surface area contributed by atoms with Crippen LogP contribution in [0.5, 0.6) is 0 Å². The van der Waals surface area contributed by atoms with Gasteiger partial charge in [-0.2, -0.15) is 0 Å². The molecule has 0 aromatic rings. The van der Waals surface area contributed by atoms with Crippen LogP contribution in [0.2, 0.25) is 19.6 Å². The van der Waals surface area contributed by atoms with Gasteiger partial charge in [-0.15, -0.1) is 11.5 Å². The summed E-state index contributed by atoms with van der Waals surface area (Å²) in [4.78, 5) is 12.9. The average Bonchev–Trinajstić information content (AvgIpc) is 2.08. The Morgan fingerprint density at radius 3 is 2.27 bits per heavy atom. The number of nitrogens with zero attached hydrogens (tertiary/aromatic N) is 1. The van der Waals surface area contributed by atoms with Crippen LogP contribution in [0.4, 0.5) is 0 Å². The first-order valence-corrected chi connectivity index (χ1v) is 9.03. The summed E-state index contributed by atoms with van der Waals surface area (Å²) in [5, 5.41) is 0. The quantitative estimate of drug-likeness (QED) is 0.409. The summed E-state index contributed by atoms with van der Waals surface area (Å²) in [5.41, 5.74) is 3.33. The van der Waals surface area contributed by atoms with E-state index in [0.717, 1.165) is 19.3 Å². The maximum atomic E-state index is 11.2. The molecule has 0 heterocycles. The zero-order chi connectivity index (χ0) is 11.9. The van der Waals surface area contributed by atoms with Gasteiger partial charge in [-0.1, -0.05) is 19.6 Å². The molecule has 1 amide bonds. The lowest BCUT2D eigenvalue weighted by Crippen LogP contribution is -2.20. The number of amides is 1. The predicted molar refractivity (Wildman–Crippen MR) is 68.3 cm³/mol. The Labute approximate surface area is 95.1 Å². The zero-order valence-corrected chi connectivity index (χ0v) is 11.7. The second-order valence-corrected chi connectivity index (χ2v) is 9.80. The van der Waals surface area contributed by atoms with Crippen LogP contribution in [-0.4, -0.2) is 33.0 Å². The molecule has 0 spiro atoms. The van der Waals surface area contributed by atoms with Gasteiger partial charge in [-0.3, -0.25) is 4.79 Å². The van der Waals surface area contributed by atoms with Crippen LogP contribution < -0.4 is 0 Å². The van der Waals surface area contributed by atoms with Crippen LogP contribution in [-0.2, 0) is 4.79 Å². The summed E-state index contributed by atoms with van der Waals surface area (Å²) < 4.78 is 0. The molecule has 0 N–H and O–H groups in total. The van der Waals surface area contributed by atoms with Crippen LogP contribution in [0.15, 0.2) is 0 Å². The molecular formula is C12H23NOSi. The third kappa shape index (κ3) is 9.55. The van der Waals surface area contributed by atoms with E-state index in [1.54, 1.807) is 19.0 Å². The maximum absolute atomic E-state index is 11.2. The minimum atomic E-state index is -1.19. The zero-order valence-electron chi connectivity index (χ0n) is 10.7. The molecule has 0 saturated heterocycles. The number of carbonyl (C=O) groups excluding carboxylic acids is 1. The first-order chi connectivity index (χ1) is 6.83. The van der Waals surface area contributed by atoms with Gasteiger partial charge in [-0.25, -0.2) is 0 Å². The molecule has 0 unspecified atom stereocenters.